The number of allylic oxidation sites excluding steroid dienone is 6. The van der Waals surface area contributed by atoms with E-state index >= 15 is 0 Å². The fourth-order valence-electron chi connectivity index (χ4n) is 7.70. The van der Waals surface area contributed by atoms with E-state index in [0.717, 1.165) is 24.0 Å². The van der Waals surface area contributed by atoms with Crippen LogP contribution in [0.25, 0.3) is 0 Å². The summed E-state index contributed by atoms with van der Waals surface area (Å²) in [6, 6.07) is 0. The molecule has 0 spiro atoms. The smallest absolute Gasteiger partial charge is 0.335 e. The summed E-state index contributed by atoms with van der Waals surface area (Å²) in [5.74, 6) is 1.68. The van der Waals surface area contributed by atoms with E-state index in [2.05, 4.69) is 65.5 Å². The first-order chi connectivity index (χ1) is 19.3. The minimum Gasteiger partial charge on any atom is -0.479 e. The highest BCUT2D eigenvalue weighted by atomic mass is 16.7. The summed E-state index contributed by atoms with van der Waals surface area (Å²) < 4.78 is 11.3. The number of carboxylic acids is 1. The van der Waals surface area contributed by atoms with E-state index in [1.807, 2.05) is 0 Å². The van der Waals surface area contributed by atoms with Crippen LogP contribution in [0.2, 0.25) is 0 Å². The predicted molar refractivity (Wildman–Crippen MR) is 159 cm³/mol. The van der Waals surface area contributed by atoms with Crippen molar-refractivity contribution >= 4 is 5.97 Å². The Labute approximate surface area is 246 Å². The maximum Gasteiger partial charge on any atom is 0.335 e. The summed E-state index contributed by atoms with van der Waals surface area (Å²) in [6.07, 6.45) is 9.19. The Morgan fingerprint density at radius 3 is 2.44 bits per heavy atom. The molecule has 0 amide bonds. The SMILES string of the molecule is C=C1CC[C@@H](O[C@@H]2O[C@H](C(=O)O)[C@@H](O)[C@H](O)[C@H]2O)C/C1=C/C=C1\CCC[C@]2(C)[C@@H]([C@H](C)/C=C/[C@H](C)C(C)C)CC[C@@H]12. The second-order valence-corrected chi connectivity index (χ2v) is 13.7. The van der Waals surface area contributed by atoms with Crippen molar-refractivity contribution in [2.45, 2.75) is 123 Å². The molecular formula is C34H52O7. The van der Waals surface area contributed by atoms with Gasteiger partial charge in [0.05, 0.1) is 6.10 Å². The Morgan fingerprint density at radius 2 is 1.76 bits per heavy atom. The first-order valence-corrected chi connectivity index (χ1v) is 15.7. The van der Waals surface area contributed by atoms with E-state index in [1.165, 1.54) is 31.3 Å². The van der Waals surface area contributed by atoms with Crippen LogP contribution in [0.4, 0.5) is 0 Å². The highest BCUT2D eigenvalue weighted by Crippen LogP contribution is 2.59. The standard InChI is InChI=1S/C34H52O7/c1-19(2)20(3)9-10-22(5)26-15-16-27-23(8-7-17-34(26,27)6)12-13-24-18-25(14-11-21(24)4)40-33-30(37)28(35)29(36)31(41-33)32(38)39/h9-10,12-13,19-20,22,25-31,33,35-37H,4,7-8,11,14-18H2,1-3,5-6H3,(H,38,39)/b10-9+,23-12+,24-13-/t20-,22+,25+,26+,27-,28-,29-,30+,31-,33+,34+/m0/s1. The van der Waals surface area contributed by atoms with Crippen LogP contribution in [0.3, 0.4) is 0 Å². The number of ether oxygens (including phenoxy) is 2. The molecule has 11 atom stereocenters. The molecule has 0 aromatic heterocycles. The number of carboxylic acid groups (broad SMARTS) is 1. The van der Waals surface area contributed by atoms with Gasteiger partial charge in [-0.2, -0.15) is 0 Å². The highest BCUT2D eigenvalue weighted by Gasteiger charge is 2.50. The zero-order valence-electron chi connectivity index (χ0n) is 25.5. The average molecular weight is 573 g/mol. The van der Waals surface area contributed by atoms with E-state index in [-0.39, 0.29) is 6.10 Å². The topological polar surface area (TPSA) is 116 Å². The Balaban J connectivity index is 1.44. The molecule has 0 aromatic rings. The molecule has 230 valence electrons. The van der Waals surface area contributed by atoms with E-state index in [0.29, 0.717) is 47.8 Å². The summed E-state index contributed by atoms with van der Waals surface area (Å²) in [6.45, 7) is 16.1. The highest BCUT2D eigenvalue weighted by molar-refractivity contribution is 5.73. The Kier molecular flexibility index (Phi) is 10.4. The third-order valence-corrected chi connectivity index (χ3v) is 10.8. The maximum absolute atomic E-state index is 11.5. The number of hydrogen-bond donors (Lipinski definition) is 4. The van der Waals surface area contributed by atoms with Crippen LogP contribution in [0, 0.1) is 35.0 Å². The van der Waals surface area contributed by atoms with Gasteiger partial charge in [-0.1, -0.05) is 76.6 Å². The van der Waals surface area contributed by atoms with E-state index in [9.17, 15) is 25.2 Å². The fraction of sp³-hybridized carbons (Fsp3) is 0.735. The lowest BCUT2D eigenvalue weighted by Crippen LogP contribution is -2.60. The Morgan fingerprint density at radius 1 is 1.02 bits per heavy atom. The third-order valence-electron chi connectivity index (χ3n) is 10.8. The average Bonchev–Trinajstić information content (AvgIpc) is 3.29. The number of aliphatic hydroxyl groups excluding tert-OH is 3. The van der Waals surface area contributed by atoms with Crippen LogP contribution >= 0.6 is 0 Å². The zero-order chi connectivity index (χ0) is 30.1. The van der Waals surface area contributed by atoms with Crippen LogP contribution in [0.15, 0.2) is 47.6 Å². The van der Waals surface area contributed by atoms with Crippen molar-refractivity contribution in [1.29, 1.82) is 0 Å². The first kappa shape index (κ1) is 32.2. The molecule has 1 aliphatic heterocycles. The molecule has 3 aliphatic carbocycles. The molecule has 1 saturated heterocycles. The van der Waals surface area contributed by atoms with Crippen LogP contribution in [0.1, 0.15) is 86.0 Å². The number of aliphatic hydroxyl groups is 3. The largest absolute Gasteiger partial charge is 0.479 e. The third kappa shape index (κ3) is 6.91. The summed E-state index contributed by atoms with van der Waals surface area (Å²) in [5, 5.41) is 39.8. The molecule has 4 rings (SSSR count). The molecule has 4 aliphatic rings. The number of hydrogen-bond acceptors (Lipinski definition) is 6. The molecule has 3 saturated carbocycles. The van der Waals surface area contributed by atoms with E-state index in [1.54, 1.807) is 0 Å². The minimum atomic E-state index is -1.73. The maximum atomic E-state index is 11.5. The van der Waals surface area contributed by atoms with Crippen molar-refractivity contribution in [1.82, 2.24) is 0 Å². The molecule has 7 heteroatoms. The van der Waals surface area contributed by atoms with Gasteiger partial charge in [0.25, 0.3) is 0 Å². The quantitative estimate of drug-likeness (QED) is 0.282. The summed E-state index contributed by atoms with van der Waals surface area (Å²) >= 11 is 0. The van der Waals surface area contributed by atoms with Crippen LogP contribution in [0.5, 0.6) is 0 Å². The van der Waals surface area contributed by atoms with Crippen molar-refractivity contribution in [3.05, 3.63) is 47.6 Å². The van der Waals surface area contributed by atoms with E-state index in [4.69, 9.17) is 9.47 Å². The molecule has 4 fully saturated rings. The minimum absolute atomic E-state index is 0.309. The lowest BCUT2D eigenvalue weighted by Gasteiger charge is -2.44. The second kappa shape index (κ2) is 13.3. The van der Waals surface area contributed by atoms with Gasteiger partial charge in [-0.25, -0.2) is 4.79 Å². The number of carbonyl (C=O) groups is 1. The van der Waals surface area contributed by atoms with Gasteiger partial charge in [-0.05, 0) is 91.9 Å². The summed E-state index contributed by atoms with van der Waals surface area (Å²) in [5.41, 5.74) is 3.99. The van der Waals surface area contributed by atoms with Gasteiger partial charge in [0.15, 0.2) is 12.4 Å². The molecule has 0 radical (unpaired) electrons. The van der Waals surface area contributed by atoms with Gasteiger partial charge >= 0.3 is 5.97 Å². The van der Waals surface area contributed by atoms with Gasteiger partial charge in [0.1, 0.15) is 18.3 Å². The predicted octanol–water partition coefficient (Wildman–Crippen LogP) is 5.56. The van der Waals surface area contributed by atoms with Crippen molar-refractivity contribution < 1.29 is 34.7 Å². The Hall–Kier alpha value is -1.77. The second-order valence-electron chi connectivity index (χ2n) is 13.7. The Bertz CT molecular complexity index is 1040. The van der Waals surface area contributed by atoms with Crippen LogP contribution in [-0.4, -0.2) is 63.2 Å². The van der Waals surface area contributed by atoms with Crippen LogP contribution in [-0.2, 0) is 14.3 Å². The van der Waals surface area contributed by atoms with Gasteiger partial charge < -0.3 is 29.9 Å². The van der Waals surface area contributed by atoms with Gasteiger partial charge in [-0.15, -0.1) is 0 Å². The summed E-state index contributed by atoms with van der Waals surface area (Å²) in [7, 11) is 0. The van der Waals surface area contributed by atoms with Crippen molar-refractivity contribution in [2.75, 3.05) is 0 Å². The summed E-state index contributed by atoms with van der Waals surface area (Å²) in [4.78, 5) is 11.5. The molecule has 1 heterocycles. The van der Waals surface area contributed by atoms with E-state index < -0.39 is 36.7 Å². The first-order valence-electron chi connectivity index (χ1n) is 15.7. The van der Waals surface area contributed by atoms with Gasteiger partial charge in [0, 0.05) is 0 Å². The molecule has 41 heavy (non-hydrogen) atoms. The monoisotopic (exact) mass is 572 g/mol. The molecule has 0 unspecified atom stereocenters. The lowest BCUT2D eigenvalue weighted by molar-refractivity contribution is -0.304. The number of aliphatic carboxylic acids is 1. The van der Waals surface area contributed by atoms with Crippen molar-refractivity contribution in [3.63, 3.8) is 0 Å². The molecule has 7 nitrogen and oxygen atoms in total. The van der Waals surface area contributed by atoms with Crippen molar-refractivity contribution in [3.8, 4) is 0 Å². The van der Waals surface area contributed by atoms with Crippen molar-refractivity contribution in [2.24, 2.45) is 35.0 Å². The van der Waals surface area contributed by atoms with Gasteiger partial charge in [0.2, 0.25) is 0 Å². The van der Waals surface area contributed by atoms with Crippen LogP contribution < -0.4 is 0 Å². The fourth-order valence-corrected chi connectivity index (χ4v) is 7.70. The molecule has 0 aromatic carbocycles. The zero-order valence-corrected chi connectivity index (χ0v) is 25.5. The van der Waals surface area contributed by atoms with Gasteiger partial charge in [-0.3, -0.25) is 0 Å². The number of fused-ring (bicyclic) bond motifs is 1. The molecule has 0 bridgehead atoms. The normalized spacial score (nSPS) is 41.7. The lowest BCUT2D eigenvalue weighted by atomic mass is 9.61. The molecular weight excluding hydrogens is 520 g/mol. The molecule has 4 N–H and O–H groups in total. The number of rotatable bonds is 8.